The molecule has 4 nitrogen and oxygen atoms in total. The Morgan fingerprint density at radius 3 is 2.62 bits per heavy atom. The summed E-state index contributed by atoms with van der Waals surface area (Å²) in [5, 5.41) is 0. The van der Waals surface area contributed by atoms with E-state index in [4.69, 9.17) is 0 Å². The fraction of sp³-hybridized carbons (Fsp3) is 0.364. The Bertz CT molecular complexity index is 543. The van der Waals surface area contributed by atoms with Crippen molar-refractivity contribution in [3.8, 4) is 0 Å². The molecule has 0 fully saturated rings. The van der Waals surface area contributed by atoms with E-state index in [1.54, 1.807) is 0 Å². The zero-order valence-electron chi connectivity index (χ0n) is 9.32. The second kappa shape index (κ2) is 4.35. The lowest BCUT2D eigenvalue weighted by Crippen LogP contribution is -2.21. The summed E-state index contributed by atoms with van der Waals surface area (Å²) in [4.78, 5) is 18.7. The topological polar surface area (TPSA) is 51.9 Å². The molecule has 1 heterocycles. The van der Waals surface area contributed by atoms with Crippen LogP contribution in [0.2, 0.25) is 0 Å². The van der Waals surface area contributed by atoms with E-state index in [1.165, 1.54) is 0 Å². The summed E-state index contributed by atoms with van der Waals surface area (Å²) in [6, 6.07) is 6.19. The molecule has 86 valence electrons. The molecule has 2 aromatic rings. The van der Waals surface area contributed by atoms with E-state index < -0.39 is 0 Å². The highest BCUT2D eigenvalue weighted by atomic mass is 32.1. The summed E-state index contributed by atoms with van der Waals surface area (Å²) >= 11 is 4.34. The molecule has 1 atom stereocenters. The molecule has 0 aliphatic heterocycles. The first kappa shape index (κ1) is 11.3. The largest absolute Gasteiger partial charge is 0.323 e. The van der Waals surface area contributed by atoms with Crippen molar-refractivity contribution < 1.29 is 0 Å². The van der Waals surface area contributed by atoms with E-state index in [1.807, 2.05) is 32.3 Å². The van der Waals surface area contributed by atoms with Crippen molar-refractivity contribution in [3.05, 3.63) is 34.2 Å². The Kier molecular flexibility index (Phi) is 3.07. The normalized spacial score (nSPS) is 13.5. The van der Waals surface area contributed by atoms with Crippen LogP contribution in [0.1, 0.15) is 11.6 Å². The highest BCUT2D eigenvalue weighted by Gasteiger charge is 2.12. The van der Waals surface area contributed by atoms with Crippen LogP contribution in [-0.2, 0) is 0 Å². The van der Waals surface area contributed by atoms with Gasteiger partial charge in [0.1, 0.15) is 0 Å². The molecule has 1 aromatic heterocycles. The Morgan fingerprint density at radius 1 is 1.31 bits per heavy atom. The lowest BCUT2D eigenvalue weighted by molar-refractivity contribution is 0.327. The van der Waals surface area contributed by atoms with Crippen LogP contribution >= 0.6 is 12.6 Å². The summed E-state index contributed by atoms with van der Waals surface area (Å²) in [7, 11) is 4.04. The molecular formula is C11H15N3OS. The number of hydrogen-bond donors (Lipinski definition) is 3. The molecule has 16 heavy (non-hydrogen) atoms. The molecular weight excluding hydrogens is 222 g/mol. The number of nitrogens with one attached hydrogen (secondary N) is 2. The maximum Gasteiger partial charge on any atom is 0.323 e. The zero-order valence-corrected chi connectivity index (χ0v) is 10.2. The van der Waals surface area contributed by atoms with Gasteiger partial charge in [-0.2, -0.15) is 12.6 Å². The molecule has 2 N–H and O–H groups in total. The number of imidazole rings is 1. The minimum atomic E-state index is -0.167. The van der Waals surface area contributed by atoms with Gasteiger partial charge in [0.05, 0.1) is 11.0 Å². The van der Waals surface area contributed by atoms with Crippen LogP contribution in [0.4, 0.5) is 0 Å². The average Bonchev–Trinajstić information content (AvgIpc) is 2.57. The quantitative estimate of drug-likeness (QED) is 0.707. The van der Waals surface area contributed by atoms with Crippen molar-refractivity contribution in [1.29, 1.82) is 0 Å². The van der Waals surface area contributed by atoms with Crippen molar-refractivity contribution in [2.75, 3.05) is 19.8 Å². The minimum Gasteiger partial charge on any atom is -0.306 e. The van der Waals surface area contributed by atoms with Crippen molar-refractivity contribution in [3.63, 3.8) is 0 Å². The van der Waals surface area contributed by atoms with Gasteiger partial charge in [0.15, 0.2) is 0 Å². The van der Waals surface area contributed by atoms with Gasteiger partial charge in [-0.05, 0) is 31.8 Å². The first-order valence-electron chi connectivity index (χ1n) is 5.11. The summed E-state index contributed by atoms with van der Waals surface area (Å²) < 4.78 is 0. The van der Waals surface area contributed by atoms with E-state index in [-0.39, 0.29) is 11.7 Å². The number of hydrogen-bond acceptors (Lipinski definition) is 3. The van der Waals surface area contributed by atoms with Crippen LogP contribution in [0.3, 0.4) is 0 Å². The lowest BCUT2D eigenvalue weighted by atomic mass is 10.1. The van der Waals surface area contributed by atoms with Crippen molar-refractivity contribution in [1.82, 2.24) is 14.9 Å². The molecule has 0 spiro atoms. The molecule has 1 unspecified atom stereocenters. The van der Waals surface area contributed by atoms with Gasteiger partial charge in [0.2, 0.25) is 0 Å². The summed E-state index contributed by atoms with van der Waals surface area (Å²) in [6.07, 6.45) is 0. The third kappa shape index (κ3) is 2.01. The summed E-state index contributed by atoms with van der Waals surface area (Å²) in [6.45, 7) is 0. The Hall–Kier alpha value is -1.20. The number of fused-ring (bicyclic) bond motifs is 1. The predicted octanol–water partition coefficient (Wildman–Crippen LogP) is 1.39. The molecule has 0 saturated heterocycles. The van der Waals surface area contributed by atoms with E-state index in [2.05, 4.69) is 27.5 Å². The van der Waals surface area contributed by atoms with E-state index in [9.17, 15) is 4.79 Å². The van der Waals surface area contributed by atoms with Gasteiger partial charge >= 0.3 is 5.69 Å². The highest BCUT2D eigenvalue weighted by Crippen LogP contribution is 2.21. The molecule has 0 amide bonds. The first-order chi connectivity index (χ1) is 7.61. The van der Waals surface area contributed by atoms with Crippen LogP contribution in [0, 0.1) is 0 Å². The SMILES string of the molecule is CN(C)C(CS)c1ccc2[nH]c(=O)[nH]c2c1. The summed E-state index contributed by atoms with van der Waals surface area (Å²) in [5.74, 6) is 0.743. The third-order valence-corrected chi connectivity index (χ3v) is 3.07. The maximum atomic E-state index is 11.1. The van der Waals surface area contributed by atoms with Crippen molar-refractivity contribution in [2.24, 2.45) is 0 Å². The standard InChI is InChI=1S/C11H15N3OS/c1-14(2)10(6-16)7-3-4-8-9(5-7)13-11(15)12-8/h3-5,10,16H,6H2,1-2H3,(H2,12,13,15). The second-order valence-corrected chi connectivity index (χ2v) is 4.41. The third-order valence-electron chi connectivity index (χ3n) is 2.72. The number of benzene rings is 1. The molecule has 0 saturated carbocycles. The fourth-order valence-electron chi connectivity index (χ4n) is 1.82. The molecule has 2 rings (SSSR count). The number of thiol groups is 1. The smallest absolute Gasteiger partial charge is 0.306 e. The monoisotopic (exact) mass is 237 g/mol. The number of rotatable bonds is 3. The van der Waals surface area contributed by atoms with E-state index in [0.717, 1.165) is 22.3 Å². The first-order valence-corrected chi connectivity index (χ1v) is 5.74. The van der Waals surface area contributed by atoms with Crippen LogP contribution in [0.25, 0.3) is 11.0 Å². The van der Waals surface area contributed by atoms with Crippen LogP contribution < -0.4 is 5.69 Å². The predicted molar refractivity (Wildman–Crippen MR) is 69.2 cm³/mol. The van der Waals surface area contributed by atoms with Gasteiger partial charge in [-0.1, -0.05) is 6.07 Å². The van der Waals surface area contributed by atoms with Gasteiger partial charge in [0, 0.05) is 11.8 Å². The molecule has 0 aliphatic carbocycles. The Balaban J connectivity index is 2.48. The Labute approximate surface area is 99.1 Å². The van der Waals surface area contributed by atoms with Crippen LogP contribution in [0.15, 0.2) is 23.0 Å². The molecule has 0 bridgehead atoms. The van der Waals surface area contributed by atoms with Gasteiger partial charge in [0.25, 0.3) is 0 Å². The van der Waals surface area contributed by atoms with Gasteiger partial charge < -0.3 is 14.9 Å². The van der Waals surface area contributed by atoms with E-state index >= 15 is 0 Å². The lowest BCUT2D eigenvalue weighted by Gasteiger charge is -2.22. The van der Waals surface area contributed by atoms with Crippen LogP contribution in [-0.4, -0.2) is 34.7 Å². The van der Waals surface area contributed by atoms with Crippen molar-refractivity contribution >= 4 is 23.7 Å². The van der Waals surface area contributed by atoms with Gasteiger partial charge in [-0.3, -0.25) is 0 Å². The van der Waals surface area contributed by atoms with Gasteiger partial charge in [-0.25, -0.2) is 4.79 Å². The fourth-order valence-corrected chi connectivity index (χ4v) is 2.36. The minimum absolute atomic E-state index is 0.167. The Morgan fingerprint density at radius 2 is 2.00 bits per heavy atom. The zero-order chi connectivity index (χ0) is 11.7. The second-order valence-electron chi connectivity index (χ2n) is 4.05. The molecule has 0 radical (unpaired) electrons. The average molecular weight is 237 g/mol. The maximum absolute atomic E-state index is 11.1. The number of H-pyrrole nitrogens is 2. The molecule has 0 aliphatic rings. The summed E-state index contributed by atoms with van der Waals surface area (Å²) in [5.41, 5.74) is 2.67. The van der Waals surface area contributed by atoms with E-state index in [0.29, 0.717) is 0 Å². The number of nitrogens with zero attached hydrogens (tertiary/aromatic N) is 1. The van der Waals surface area contributed by atoms with Crippen LogP contribution in [0.5, 0.6) is 0 Å². The number of aromatic amines is 2. The van der Waals surface area contributed by atoms with Gasteiger partial charge in [-0.15, -0.1) is 0 Å². The highest BCUT2D eigenvalue weighted by molar-refractivity contribution is 7.80. The molecule has 5 heteroatoms. The number of aromatic nitrogens is 2. The van der Waals surface area contributed by atoms with Crippen molar-refractivity contribution in [2.45, 2.75) is 6.04 Å². The molecule has 1 aromatic carbocycles.